The number of hydrogen-bond acceptors (Lipinski definition) is 7. The molecule has 5 rings (SSSR count). The van der Waals surface area contributed by atoms with Gasteiger partial charge in [0.25, 0.3) is 0 Å². The van der Waals surface area contributed by atoms with E-state index in [2.05, 4.69) is 20.6 Å². The van der Waals surface area contributed by atoms with Gasteiger partial charge in [-0.3, -0.25) is 10.1 Å². The van der Waals surface area contributed by atoms with E-state index in [1.165, 1.54) is 19.2 Å². The van der Waals surface area contributed by atoms with E-state index in [0.717, 1.165) is 40.7 Å². The van der Waals surface area contributed by atoms with Gasteiger partial charge in [-0.15, -0.1) is 0 Å². The first-order valence-electron chi connectivity index (χ1n) is 11.3. The molecule has 1 saturated carbocycles. The van der Waals surface area contributed by atoms with Crippen LogP contribution in [-0.4, -0.2) is 51.0 Å². The minimum absolute atomic E-state index is 0.0492. The van der Waals surface area contributed by atoms with Crippen LogP contribution in [0, 0.1) is 0 Å². The molecule has 0 spiro atoms. The molecular formula is C23H29N7O2. The van der Waals surface area contributed by atoms with Crippen molar-refractivity contribution >= 4 is 22.8 Å². The summed E-state index contributed by atoms with van der Waals surface area (Å²) in [6.07, 6.45) is 6.15. The standard InChI is InChI=1S/C23H29N7O2/c1-14-11-32-12-18(28-14)23(31)25-10-15-6-8-16(9-7-15)20-19-21(24)26-13-27-22(19)30(29-20)17-4-2-3-5-17/h6-9,13-14,17-18,28H,2-5,10-12H2,1H3,(H,25,31)(H2,24,26,27). The Morgan fingerprint density at radius 2 is 2.00 bits per heavy atom. The molecule has 1 saturated heterocycles. The number of nitrogens with zero attached hydrogens (tertiary/aromatic N) is 4. The molecule has 3 heterocycles. The largest absolute Gasteiger partial charge is 0.383 e. The van der Waals surface area contributed by atoms with E-state index in [1.54, 1.807) is 0 Å². The lowest BCUT2D eigenvalue weighted by Gasteiger charge is -2.28. The number of aromatic nitrogens is 4. The molecule has 0 bridgehead atoms. The fourth-order valence-corrected chi connectivity index (χ4v) is 4.65. The van der Waals surface area contributed by atoms with Crippen LogP contribution in [0.2, 0.25) is 0 Å². The summed E-state index contributed by atoms with van der Waals surface area (Å²) in [6.45, 7) is 3.49. The molecule has 1 aromatic carbocycles. The van der Waals surface area contributed by atoms with E-state index < -0.39 is 0 Å². The molecule has 1 aliphatic heterocycles. The molecule has 32 heavy (non-hydrogen) atoms. The fraction of sp³-hybridized carbons (Fsp3) is 0.478. The SMILES string of the molecule is CC1COCC(C(=O)NCc2ccc(-c3nn(C4CCCC4)c4ncnc(N)c34)cc2)N1. The molecule has 3 aromatic rings. The monoisotopic (exact) mass is 435 g/mol. The quantitative estimate of drug-likeness (QED) is 0.562. The van der Waals surface area contributed by atoms with Gasteiger partial charge in [-0.1, -0.05) is 37.1 Å². The molecule has 0 radical (unpaired) electrons. The average molecular weight is 436 g/mol. The van der Waals surface area contributed by atoms with Gasteiger partial charge in [-0.05, 0) is 25.3 Å². The summed E-state index contributed by atoms with van der Waals surface area (Å²) in [5, 5.41) is 12.0. The van der Waals surface area contributed by atoms with Gasteiger partial charge in [0.2, 0.25) is 5.91 Å². The fourth-order valence-electron chi connectivity index (χ4n) is 4.65. The van der Waals surface area contributed by atoms with Crippen molar-refractivity contribution in [2.45, 2.75) is 57.3 Å². The first kappa shape index (κ1) is 20.8. The highest BCUT2D eigenvalue weighted by Crippen LogP contribution is 2.36. The predicted octanol–water partition coefficient (Wildman–Crippen LogP) is 2.18. The number of anilines is 1. The van der Waals surface area contributed by atoms with Gasteiger partial charge in [-0.2, -0.15) is 5.10 Å². The van der Waals surface area contributed by atoms with Gasteiger partial charge >= 0.3 is 0 Å². The highest BCUT2D eigenvalue weighted by atomic mass is 16.5. The number of nitrogens with one attached hydrogen (secondary N) is 2. The van der Waals surface area contributed by atoms with E-state index in [1.807, 2.05) is 35.9 Å². The molecule has 2 aliphatic rings. The molecule has 9 heteroatoms. The minimum atomic E-state index is -0.313. The number of ether oxygens (including phenoxy) is 1. The van der Waals surface area contributed by atoms with E-state index >= 15 is 0 Å². The summed E-state index contributed by atoms with van der Waals surface area (Å²) < 4.78 is 7.49. The van der Waals surface area contributed by atoms with Gasteiger partial charge in [0.05, 0.1) is 24.6 Å². The number of amides is 1. The van der Waals surface area contributed by atoms with Crippen molar-refractivity contribution in [2.75, 3.05) is 18.9 Å². The van der Waals surface area contributed by atoms with Gasteiger partial charge in [0, 0.05) is 18.2 Å². The lowest BCUT2D eigenvalue weighted by molar-refractivity contribution is -0.126. The topological polar surface area (TPSA) is 120 Å². The van der Waals surface area contributed by atoms with Crippen molar-refractivity contribution in [1.82, 2.24) is 30.4 Å². The summed E-state index contributed by atoms with van der Waals surface area (Å²) in [5.41, 5.74) is 9.80. The number of nitrogen functional groups attached to an aromatic ring is 1. The maximum absolute atomic E-state index is 12.4. The Labute approximate surface area is 186 Å². The number of fused-ring (bicyclic) bond motifs is 1. The maximum Gasteiger partial charge on any atom is 0.239 e. The van der Waals surface area contributed by atoms with Gasteiger partial charge in [0.1, 0.15) is 23.9 Å². The second-order valence-corrected chi connectivity index (χ2v) is 8.76. The third-order valence-electron chi connectivity index (χ3n) is 6.34. The Balaban J connectivity index is 1.34. The van der Waals surface area contributed by atoms with Crippen molar-refractivity contribution in [3.63, 3.8) is 0 Å². The van der Waals surface area contributed by atoms with Crippen molar-refractivity contribution < 1.29 is 9.53 Å². The normalized spacial score (nSPS) is 21.8. The Kier molecular flexibility index (Phi) is 5.75. The second-order valence-electron chi connectivity index (χ2n) is 8.76. The van der Waals surface area contributed by atoms with Crippen LogP contribution >= 0.6 is 0 Å². The number of rotatable bonds is 5. The van der Waals surface area contributed by atoms with E-state index in [0.29, 0.717) is 31.6 Å². The summed E-state index contributed by atoms with van der Waals surface area (Å²) >= 11 is 0. The number of benzene rings is 1. The van der Waals surface area contributed by atoms with Crippen molar-refractivity contribution in [3.05, 3.63) is 36.2 Å². The second kappa shape index (κ2) is 8.84. The minimum Gasteiger partial charge on any atom is -0.383 e. The molecule has 1 amide bonds. The molecule has 2 unspecified atom stereocenters. The highest BCUT2D eigenvalue weighted by Gasteiger charge is 2.25. The Morgan fingerprint density at radius 1 is 1.22 bits per heavy atom. The number of nitrogens with two attached hydrogens (primary N) is 1. The number of morpholine rings is 1. The zero-order valence-electron chi connectivity index (χ0n) is 18.3. The zero-order chi connectivity index (χ0) is 22.1. The molecule has 2 atom stereocenters. The number of hydrogen-bond donors (Lipinski definition) is 3. The van der Waals surface area contributed by atoms with E-state index in [-0.39, 0.29) is 18.0 Å². The third-order valence-corrected chi connectivity index (χ3v) is 6.34. The van der Waals surface area contributed by atoms with Gasteiger partial charge in [0.15, 0.2) is 5.65 Å². The molecule has 168 valence electrons. The zero-order valence-corrected chi connectivity index (χ0v) is 18.3. The van der Waals surface area contributed by atoms with Crippen molar-refractivity contribution in [2.24, 2.45) is 0 Å². The van der Waals surface area contributed by atoms with Crippen LogP contribution in [0.4, 0.5) is 5.82 Å². The lowest BCUT2D eigenvalue weighted by atomic mass is 10.1. The third kappa shape index (κ3) is 4.05. The summed E-state index contributed by atoms with van der Waals surface area (Å²) in [4.78, 5) is 21.1. The van der Waals surface area contributed by atoms with Crippen LogP contribution in [0.3, 0.4) is 0 Å². The molecule has 1 aliphatic carbocycles. The van der Waals surface area contributed by atoms with Gasteiger partial charge < -0.3 is 15.8 Å². The van der Waals surface area contributed by atoms with Crippen LogP contribution in [0.15, 0.2) is 30.6 Å². The Bertz CT molecular complexity index is 1110. The Hall–Kier alpha value is -3.04. The van der Waals surface area contributed by atoms with Crippen LogP contribution in [0.5, 0.6) is 0 Å². The molecule has 2 fully saturated rings. The number of carbonyl (C=O) groups is 1. The Morgan fingerprint density at radius 3 is 2.75 bits per heavy atom. The molecular weight excluding hydrogens is 406 g/mol. The summed E-state index contributed by atoms with van der Waals surface area (Å²) in [6, 6.07) is 8.25. The van der Waals surface area contributed by atoms with Crippen molar-refractivity contribution in [3.8, 4) is 11.3 Å². The van der Waals surface area contributed by atoms with Crippen LogP contribution in [0.1, 0.15) is 44.2 Å². The number of carbonyl (C=O) groups excluding carboxylic acids is 1. The molecule has 4 N–H and O–H groups in total. The van der Waals surface area contributed by atoms with Crippen LogP contribution in [0.25, 0.3) is 22.3 Å². The van der Waals surface area contributed by atoms with Crippen LogP contribution in [-0.2, 0) is 16.1 Å². The molecule has 2 aromatic heterocycles. The smallest absolute Gasteiger partial charge is 0.239 e. The lowest BCUT2D eigenvalue weighted by Crippen LogP contribution is -2.54. The van der Waals surface area contributed by atoms with Crippen LogP contribution < -0.4 is 16.4 Å². The summed E-state index contributed by atoms with van der Waals surface area (Å²) in [7, 11) is 0. The summed E-state index contributed by atoms with van der Waals surface area (Å²) in [5.74, 6) is 0.397. The predicted molar refractivity (Wildman–Crippen MR) is 122 cm³/mol. The maximum atomic E-state index is 12.4. The first-order valence-corrected chi connectivity index (χ1v) is 11.3. The average Bonchev–Trinajstić information content (AvgIpc) is 3.46. The van der Waals surface area contributed by atoms with E-state index in [9.17, 15) is 4.79 Å². The first-order chi connectivity index (χ1) is 15.6. The van der Waals surface area contributed by atoms with Crippen molar-refractivity contribution in [1.29, 1.82) is 0 Å². The van der Waals surface area contributed by atoms with Gasteiger partial charge in [-0.25, -0.2) is 14.6 Å². The highest BCUT2D eigenvalue weighted by molar-refractivity contribution is 5.98. The van der Waals surface area contributed by atoms with E-state index in [4.69, 9.17) is 15.6 Å². The molecule has 9 nitrogen and oxygen atoms in total.